The molecule has 0 aliphatic heterocycles. The highest BCUT2D eigenvalue weighted by Gasteiger charge is 2.12. The van der Waals surface area contributed by atoms with Gasteiger partial charge in [-0.1, -0.05) is 51.1 Å². The third kappa shape index (κ3) is 2.81. The van der Waals surface area contributed by atoms with Crippen LogP contribution in [-0.4, -0.2) is 7.11 Å². The van der Waals surface area contributed by atoms with Gasteiger partial charge in [0.25, 0.3) is 0 Å². The lowest BCUT2D eigenvalue weighted by Crippen LogP contribution is -1.98. The van der Waals surface area contributed by atoms with Gasteiger partial charge in [0.2, 0.25) is 0 Å². The highest BCUT2D eigenvalue weighted by molar-refractivity contribution is 5.70. The van der Waals surface area contributed by atoms with E-state index in [1.54, 1.807) is 7.11 Å². The molecule has 0 radical (unpaired) electrons. The first-order valence-corrected chi connectivity index (χ1v) is 6.93. The maximum absolute atomic E-state index is 5.23. The van der Waals surface area contributed by atoms with Gasteiger partial charge in [0.05, 0.1) is 7.11 Å². The van der Waals surface area contributed by atoms with E-state index in [2.05, 4.69) is 51.1 Å². The number of methoxy groups -OCH3 is 1. The molecule has 0 aromatic heterocycles. The van der Waals surface area contributed by atoms with Crippen molar-refractivity contribution in [2.75, 3.05) is 7.11 Å². The zero-order valence-corrected chi connectivity index (χ0v) is 12.2. The van der Waals surface area contributed by atoms with Crippen molar-refractivity contribution < 1.29 is 4.74 Å². The Bertz CT molecular complexity index is 538. The van der Waals surface area contributed by atoms with Gasteiger partial charge in [0.15, 0.2) is 0 Å². The molecule has 0 unspecified atom stereocenters. The van der Waals surface area contributed by atoms with E-state index in [1.807, 2.05) is 12.1 Å². The predicted octanol–water partition coefficient (Wildman–Crippen LogP) is 5.05. The van der Waals surface area contributed by atoms with E-state index in [9.17, 15) is 0 Å². The first-order valence-electron chi connectivity index (χ1n) is 6.93. The predicted molar refractivity (Wildman–Crippen MR) is 81.9 cm³/mol. The first kappa shape index (κ1) is 13.7. The van der Waals surface area contributed by atoms with E-state index in [0.29, 0.717) is 5.92 Å². The highest BCUT2D eigenvalue weighted by atomic mass is 16.5. The molecule has 0 spiro atoms. The zero-order valence-electron chi connectivity index (χ0n) is 12.2. The van der Waals surface area contributed by atoms with Gasteiger partial charge in [-0.2, -0.15) is 0 Å². The van der Waals surface area contributed by atoms with E-state index >= 15 is 0 Å². The van der Waals surface area contributed by atoms with E-state index in [-0.39, 0.29) is 0 Å². The SMILES string of the molecule is CCc1cccc(-c2ccc(OC)cc2)c1C(C)C. The lowest BCUT2D eigenvalue weighted by atomic mass is 9.87. The smallest absolute Gasteiger partial charge is 0.118 e. The topological polar surface area (TPSA) is 9.23 Å². The lowest BCUT2D eigenvalue weighted by Gasteiger charge is -2.17. The monoisotopic (exact) mass is 254 g/mol. The molecule has 0 heterocycles. The van der Waals surface area contributed by atoms with Crippen molar-refractivity contribution in [1.29, 1.82) is 0 Å². The average molecular weight is 254 g/mol. The van der Waals surface area contributed by atoms with Crippen LogP contribution in [0.25, 0.3) is 11.1 Å². The standard InChI is InChI=1S/C18H22O/c1-5-14-7-6-8-17(18(14)13(2)3)15-9-11-16(19-4)12-10-15/h6-13H,5H2,1-4H3. The van der Waals surface area contributed by atoms with Gasteiger partial charge in [0, 0.05) is 0 Å². The molecule has 2 aromatic rings. The summed E-state index contributed by atoms with van der Waals surface area (Å²) in [6.45, 7) is 6.75. The Morgan fingerprint density at radius 3 is 2.21 bits per heavy atom. The Morgan fingerprint density at radius 1 is 1.00 bits per heavy atom. The summed E-state index contributed by atoms with van der Waals surface area (Å²) < 4.78 is 5.23. The van der Waals surface area contributed by atoms with E-state index in [1.165, 1.54) is 22.3 Å². The van der Waals surface area contributed by atoms with Gasteiger partial charge in [-0.3, -0.25) is 0 Å². The van der Waals surface area contributed by atoms with Crippen LogP contribution in [-0.2, 0) is 6.42 Å². The Balaban J connectivity index is 2.54. The van der Waals surface area contributed by atoms with Crippen molar-refractivity contribution >= 4 is 0 Å². The van der Waals surface area contributed by atoms with Gasteiger partial charge < -0.3 is 4.74 Å². The minimum Gasteiger partial charge on any atom is -0.497 e. The molecule has 100 valence electrons. The van der Waals surface area contributed by atoms with E-state index in [4.69, 9.17) is 4.74 Å². The first-order chi connectivity index (χ1) is 9.17. The van der Waals surface area contributed by atoms with Crippen LogP contribution in [0.5, 0.6) is 5.75 Å². The molecular weight excluding hydrogens is 232 g/mol. The minimum absolute atomic E-state index is 0.535. The second-order valence-electron chi connectivity index (χ2n) is 5.12. The van der Waals surface area contributed by atoms with Crippen LogP contribution in [0.4, 0.5) is 0 Å². The molecule has 0 N–H and O–H groups in total. The fraction of sp³-hybridized carbons (Fsp3) is 0.333. The molecule has 2 aromatic carbocycles. The summed E-state index contributed by atoms with van der Waals surface area (Å²) in [5.41, 5.74) is 5.52. The van der Waals surface area contributed by atoms with E-state index < -0.39 is 0 Å². The molecule has 0 bridgehead atoms. The molecular formula is C18H22O. The van der Waals surface area contributed by atoms with Crippen LogP contribution in [0.1, 0.15) is 37.8 Å². The molecule has 0 fully saturated rings. The normalized spacial score (nSPS) is 10.8. The van der Waals surface area contributed by atoms with Crippen LogP contribution >= 0.6 is 0 Å². The summed E-state index contributed by atoms with van der Waals surface area (Å²) in [4.78, 5) is 0. The molecule has 1 nitrogen and oxygen atoms in total. The Hall–Kier alpha value is -1.76. The Kier molecular flexibility index (Phi) is 4.26. The number of aryl methyl sites for hydroxylation is 1. The molecule has 19 heavy (non-hydrogen) atoms. The van der Waals surface area contributed by atoms with E-state index in [0.717, 1.165) is 12.2 Å². The lowest BCUT2D eigenvalue weighted by molar-refractivity contribution is 0.415. The molecule has 0 amide bonds. The summed E-state index contributed by atoms with van der Waals surface area (Å²) in [7, 11) is 1.70. The summed E-state index contributed by atoms with van der Waals surface area (Å²) in [6, 6.07) is 14.9. The van der Waals surface area contributed by atoms with Crippen LogP contribution in [0.2, 0.25) is 0 Å². The summed E-state index contributed by atoms with van der Waals surface area (Å²) in [6.07, 6.45) is 1.08. The quantitative estimate of drug-likeness (QED) is 0.742. The zero-order chi connectivity index (χ0) is 13.8. The van der Waals surface area contributed by atoms with Crippen LogP contribution < -0.4 is 4.74 Å². The number of hydrogen-bond donors (Lipinski definition) is 0. The van der Waals surface area contributed by atoms with Crippen LogP contribution in [0, 0.1) is 0 Å². The minimum atomic E-state index is 0.535. The summed E-state index contributed by atoms with van der Waals surface area (Å²) in [5.74, 6) is 1.44. The third-order valence-corrected chi connectivity index (χ3v) is 3.56. The van der Waals surface area contributed by atoms with Gasteiger partial charge >= 0.3 is 0 Å². The van der Waals surface area contributed by atoms with Crippen LogP contribution in [0.3, 0.4) is 0 Å². The molecule has 0 aliphatic rings. The summed E-state index contributed by atoms with van der Waals surface area (Å²) >= 11 is 0. The Morgan fingerprint density at radius 2 is 1.68 bits per heavy atom. The fourth-order valence-electron chi connectivity index (χ4n) is 2.63. The van der Waals surface area contributed by atoms with Crippen molar-refractivity contribution in [2.24, 2.45) is 0 Å². The van der Waals surface area contributed by atoms with Crippen molar-refractivity contribution in [3.63, 3.8) is 0 Å². The number of hydrogen-bond acceptors (Lipinski definition) is 1. The van der Waals surface area contributed by atoms with Gasteiger partial charge in [0.1, 0.15) is 5.75 Å². The molecule has 0 atom stereocenters. The highest BCUT2D eigenvalue weighted by Crippen LogP contribution is 2.33. The molecule has 0 saturated heterocycles. The van der Waals surface area contributed by atoms with Crippen molar-refractivity contribution in [1.82, 2.24) is 0 Å². The molecule has 0 aliphatic carbocycles. The maximum Gasteiger partial charge on any atom is 0.118 e. The second-order valence-corrected chi connectivity index (χ2v) is 5.12. The van der Waals surface area contributed by atoms with Crippen molar-refractivity contribution in [2.45, 2.75) is 33.1 Å². The van der Waals surface area contributed by atoms with Crippen molar-refractivity contribution in [3.05, 3.63) is 53.6 Å². The third-order valence-electron chi connectivity index (χ3n) is 3.56. The largest absolute Gasteiger partial charge is 0.497 e. The number of ether oxygens (including phenoxy) is 1. The molecule has 1 heteroatoms. The second kappa shape index (κ2) is 5.92. The summed E-state index contributed by atoms with van der Waals surface area (Å²) in [5, 5.41) is 0. The maximum atomic E-state index is 5.23. The number of benzene rings is 2. The number of rotatable bonds is 4. The fourth-order valence-corrected chi connectivity index (χ4v) is 2.63. The van der Waals surface area contributed by atoms with Gasteiger partial charge in [-0.05, 0) is 46.7 Å². The van der Waals surface area contributed by atoms with Crippen molar-refractivity contribution in [3.8, 4) is 16.9 Å². The van der Waals surface area contributed by atoms with Crippen LogP contribution in [0.15, 0.2) is 42.5 Å². The molecule has 2 rings (SSSR count). The van der Waals surface area contributed by atoms with Gasteiger partial charge in [-0.15, -0.1) is 0 Å². The average Bonchev–Trinajstić information content (AvgIpc) is 2.46. The molecule has 0 saturated carbocycles. The van der Waals surface area contributed by atoms with Gasteiger partial charge in [-0.25, -0.2) is 0 Å². The Labute approximate surface area is 116 Å².